The van der Waals surface area contributed by atoms with Gasteiger partial charge in [0.2, 0.25) is 0 Å². The average molecular weight is 231 g/mol. The Morgan fingerprint density at radius 1 is 1.29 bits per heavy atom. The van der Waals surface area contributed by atoms with Crippen molar-refractivity contribution in [2.75, 3.05) is 0 Å². The largest absolute Gasteiger partial charge is 1.00 e. The third kappa shape index (κ3) is 6.13. The van der Waals surface area contributed by atoms with Gasteiger partial charge in [0.05, 0.1) is 0 Å². The van der Waals surface area contributed by atoms with Crippen LogP contribution in [0.3, 0.4) is 0 Å². The van der Waals surface area contributed by atoms with E-state index in [1.807, 2.05) is 0 Å². The van der Waals surface area contributed by atoms with Gasteiger partial charge in [-0.3, -0.25) is 4.98 Å². The molecular weight excluding hydrogens is 224 g/mol. The summed E-state index contributed by atoms with van der Waals surface area (Å²) < 4.78 is 47.8. The van der Waals surface area contributed by atoms with Crippen LogP contribution in [0.5, 0.6) is 0 Å². The third-order valence-corrected chi connectivity index (χ3v) is 1.51. The van der Waals surface area contributed by atoms with Crippen molar-refractivity contribution in [1.82, 2.24) is 4.98 Å². The first-order valence-corrected chi connectivity index (χ1v) is 3.79. The van der Waals surface area contributed by atoms with Gasteiger partial charge in [-0.1, -0.05) is 6.32 Å². The summed E-state index contributed by atoms with van der Waals surface area (Å²) in [6, 6.07) is 2.12. The van der Waals surface area contributed by atoms with E-state index in [1.54, 1.807) is 0 Å². The van der Waals surface area contributed by atoms with Crippen molar-refractivity contribution in [2.24, 2.45) is 0 Å². The smallest absolute Gasteiger partial charge is 0.449 e. The molecule has 0 aliphatic rings. The van der Waals surface area contributed by atoms with Crippen LogP contribution in [0.25, 0.3) is 0 Å². The van der Waals surface area contributed by atoms with Crippen molar-refractivity contribution >= 4 is 6.98 Å². The van der Waals surface area contributed by atoms with Gasteiger partial charge in [0.25, 0.3) is 0 Å². The minimum Gasteiger partial charge on any atom is -0.449 e. The van der Waals surface area contributed by atoms with E-state index in [0.29, 0.717) is 0 Å². The Balaban J connectivity index is 0.00000169. The Morgan fingerprint density at radius 2 is 1.93 bits per heavy atom. The number of nitrogens with zero attached hydrogens (tertiary/aromatic N) is 1. The van der Waals surface area contributed by atoms with E-state index >= 15 is 0 Å². The van der Waals surface area contributed by atoms with Gasteiger partial charge in [0.15, 0.2) is 0 Å². The molecule has 0 fully saturated rings. The van der Waals surface area contributed by atoms with Crippen LogP contribution in [-0.4, -0.2) is 12.0 Å². The van der Waals surface area contributed by atoms with E-state index in [1.165, 1.54) is 0 Å². The van der Waals surface area contributed by atoms with Crippen LogP contribution in [-0.2, 0) is 6.42 Å². The van der Waals surface area contributed by atoms with Crippen LogP contribution < -0.4 is 51.4 Å². The molecule has 0 aliphatic heterocycles. The van der Waals surface area contributed by atoms with Gasteiger partial charge in [-0.15, -0.1) is 0 Å². The number of hydrogen-bond acceptors (Lipinski definition) is 1. The molecule has 0 spiro atoms. The van der Waals surface area contributed by atoms with Gasteiger partial charge in [-0.25, -0.2) is 4.39 Å². The zero-order valence-electron chi connectivity index (χ0n) is 7.68. The van der Waals surface area contributed by atoms with E-state index in [2.05, 4.69) is 4.98 Å². The molecule has 1 nitrogen and oxygen atoms in total. The average Bonchev–Trinajstić information content (AvgIpc) is 2.00. The number of hydrogen-bond donors (Lipinski definition) is 0. The van der Waals surface area contributed by atoms with Crippen molar-refractivity contribution < 1.29 is 68.7 Å². The summed E-state index contributed by atoms with van der Waals surface area (Å²) in [5.41, 5.74) is 0.138. The van der Waals surface area contributed by atoms with Gasteiger partial charge in [0, 0.05) is 11.9 Å². The number of aromatic nitrogens is 1. The molecule has 72 valence electrons. The van der Waals surface area contributed by atoms with Gasteiger partial charge in [0.1, 0.15) is 5.82 Å². The molecule has 1 aromatic heterocycles. The van der Waals surface area contributed by atoms with Gasteiger partial charge in [-0.05, 0) is 18.6 Å². The summed E-state index contributed by atoms with van der Waals surface area (Å²) in [7, 11) is 0. The SMILES string of the molecule is Fc1ccnc(CC[B-](F)(F)F)c1.[K+]. The fraction of sp³-hybridized carbons (Fsp3) is 0.286. The Kier molecular flexibility index (Phi) is 6.47. The molecule has 0 amide bonds. The number of aryl methyl sites for hydroxylation is 1. The molecular formula is C7H7BF4KN. The fourth-order valence-electron chi connectivity index (χ4n) is 0.897. The second kappa shape index (κ2) is 6.22. The molecule has 0 unspecified atom stereocenters. The van der Waals surface area contributed by atoms with Gasteiger partial charge < -0.3 is 12.9 Å². The van der Waals surface area contributed by atoms with Crippen LogP contribution in [0.2, 0.25) is 6.32 Å². The van der Waals surface area contributed by atoms with Crippen LogP contribution in [0.1, 0.15) is 5.69 Å². The maximum absolute atomic E-state index is 12.5. The normalized spacial score (nSPS) is 10.9. The van der Waals surface area contributed by atoms with Crippen molar-refractivity contribution in [3.63, 3.8) is 0 Å². The maximum Gasteiger partial charge on any atom is 1.00 e. The first kappa shape index (κ1) is 14.6. The summed E-state index contributed by atoms with van der Waals surface area (Å²) in [6.45, 7) is -4.80. The van der Waals surface area contributed by atoms with Crippen LogP contribution >= 0.6 is 0 Å². The Morgan fingerprint density at radius 3 is 2.43 bits per heavy atom. The molecule has 0 saturated carbocycles. The Labute approximate surface area is 122 Å². The first-order valence-electron chi connectivity index (χ1n) is 3.79. The van der Waals surface area contributed by atoms with E-state index in [9.17, 15) is 17.3 Å². The molecule has 0 atom stereocenters. The van der Waals surface area contributed by atoms with E-state index in [0.717, 1.165) is 18.3 Å². The molecule has 7 heteroatoms. The van der Waals surface area contributed by atoms with Gasteiger partial charge >= 0.3 is 58.4 Å². The molecule has 14 heavy (non-hydrogen) atoms. The zero-order valence-corrected chi connectivity index (χ0v) is 10.8. The standard InChI is InChI=1S/C7H7BF4N.K/c9-6-2-4-13-7(5-6)1-3-8(10,11)12;/h2,4-5H,1,3H2;/q-1;+1. The molecule has 0 N–H and O–H groups in total. The predicted molar refractivity (Wildman–Crippen MR) is 41.8 cm³/mol. The van der Waals surface area contributed by atoms with Gasteiger partial charge in [-0.2, -0.15) is 0 Å². The molecule has 0 saturated heterocycles. The molecule has 1 rings (SSSR count). The van der Waals surface area contributed by atoms with E-state index in [-0.39, 0.29) is 63.5 Å². The second-order valence-electron chi connectivity index (χ2n) is 2.71. The van der Waals surface area contributed by atoms with E-state index in [4.69, 9.17) is 0 Å². The quantitative estimate of drug-likeness (QED) is 0.510. The Bertz CT molecular complexity index is 291. The predicted octanol–water partition coefficient (Wildman–Crippen LogP) is -0.385. The summed E-state index contributed by atoms with van der Waals surface area (Å²) in [5.74, 6) is -0.556. The minimum absolute atomic E-state index is 0. The van der Waals surface area contributed by atoms with Crippen molar-refractivity contribution in [1.29, 1.82) is 0 Å². The molecule has 0 aromatic carbocycles. The number of pyridine rings is 1. The van der Waals surface area contributed by atoms with Crippen LogP contribution in [0.15, 0.2) is 18.3 Å². The van der Waals surface area contributed by atoms with Crippen molar-refractivity contribution in [3.05, 3.63) is 29.8 Å². The summed E-state index contributed by atoms with van der Waals surface area (Å²) >= 11 is 0. The molecule has 1 heterocycles. The second-order valence-corrected chi connectivity index (χ2v) is 2.71. The molecule has 0 radical (unpaired) electrons. The first-order chi connectivity index (χ1) is 5.97. The summed E-state index contributed by atoms with van der Waals surface area (Å²) in [6.07, 6.45) is 0.00571. The van der Waals surface area contributed by atoms with Crippen LogP contribution in [0.4, 0.5) is 17.3 Å². The van der Waals surface area contributed by atoms with Crippen molar-refractivity contribution in [3.8, 4) is 0 Å². The molecule has 0 bridgehead atoms. The number of rotatable bonds is 3. The fourth-order valence-corrected chi connectivity index (χ4v) is 0.897. The maximum atomic E-state index is 12.5. The van der Waals surface area contributed by atoms with E-state index < -0.39 is 19.1 Å². The minimum atomic E-state index is -4.80. The molecule has 0 aliphatic carbocycles. The Hall–Kier alpha value is 0.571. The topological polar surface area (TPSA) is 12.9 Å². The summed E-state index contributed by atoms with van der Waals surface area (Å²) in [4.78, 5) is 3.61. The number of halogens is 4. The monoisotopic (exact) mass is 231 g/mol. The van der Waals surface area contributed by atoms with Crippen LogP contribution in [0, 0.1) is 5.82 Å². The van der Waals surface area contributed by atoms with Crippen molar-refractivity contribution in [2.45, 2.75) is 12.7 Å². The zero-order chi connectivity index (χ0) is 9.90. The third-order valence-electron chi connectivity index (χ3n) is 1.51. The molecule has 1 aromatic rings. The summed E-state index contributed by atoms with van der Waals surface area (Å²) in [5, 5.41) is 0.